The predicted octanol–water partition coefficient (Wildman–Crippen LogP) is 15.5. The van der Waals surface area contributed by atoms with Crippen LogP contribution in [0.2, 0.25) is 0 Å². The van der Waals surface area contributed by atoms with Gasteiger partial charge in [-0.25, -0.2) is 9.97 Å². The molecule has 12 rings (SSSR count). The van der Waals surface area contributed by atoms with E-state index in [9.17, 15) is 0 Å². The third-order valence-electron chi connectivity index (χ3n) is 13.8. The Hall–Kier alpha value is -7.94. The van der Waals surface area contributed by atoms with Crippen molar-refractivity contribution in [2.75, 3.05) is 0 Å². The molecule has 0 saturated heterocycles. The molecule has 2 aliphatic carbocycles. The van der Waals surface area contributed by atoms with Gasteiger partial charge in [0.2, 0.25) is 0 Å². The fraction of sp³-hybridized carbons (Fsp3) is 0.0645. The highest BCUT2D eigenvalue weighted by molar-refractivity contribution is 5.92. The van der Waals surface area contributed by atoms with Gasteiger partial charge in [0.05, 0.1) is 16.8 Å². The van der Waals surface area contributed by atoms with Gasteiger partial charge in [-0.2, -0.15) is 0 Å². The average molecular weight is 817 g/mol. The average Bonchev–Trinajstić information content (AvgIpc) is 3.67. The lowest BCUT2D eigenvalue weighted by atomic mass is 9.54. The molecule has 0 amide bonds. The van der Waals surface area contributed by atoms with E-state index in [1.165, 1.54) is 66.8 Å². The van der Waals surface area contributed by atoms with Gasteiger partial charge < -0.3 is 0 Å². The Balaban J connectivity index is 1.07. The van der Waals surface area contributed by atoms with Crippen LogP contribution in [0.25, 0.3) is 78.4 Å². The molecule has 0 N–H and O–H groups in total. The summed E-state index contributed by atoms with van der Waals surface area (Å²) in [6.07, 6.45) is 0. The number of fused-ring (bicyclic) bond motifs is 9. The van der Waals surface area contributed by atoms with Crippen molar-refractivity contribution in [2.45, 2.75) is 24.7 Å². The van der Waals surface area contributed by atoms with Crippen LogP contribution < -0.4 is 0 Å². The highest BCUT2D eigenvalue weighted by Gasteiger charge is 2.53. The first-order chi connectivity index (χ1) is 31.5. The first kappa shape index (κ1) is 37.8. The van der Waals surface area contributed by atoms with Gasteiger partial charge in [-0.15, -0.1) is 0 Å². The third-order valence-corrected chi connectivity index (χ3v) is 13.8. The molecule has 10 aromatic rings. The summed E-state index contributed by atoms with van der Waals surface area (Å²) in [6, 6.07) is 83.8. The molecule has 302 valence electrons. The van der Waals surface area contributed by atoms with Crippen LogP contribution in [-0.2, 0) is 10.8 Å². The first-order valence-electron chi connectivity index (χ1n) is 22.2. The van der Waals surface area contributed by atoms with Crippen molar-refractivity contribution >= 4 is 0 Å². The van der Waals surface area contributed by atoms with Gasteiger partial charge in [0.15, 0.2) is 5.82 Å². The zero-order valence-electron chi connectivity index (χ0n) is 35.8. The molecule has 1 aromatic heterocycles. The molecular weight excluding hydrogens is 773 g/mol. The molecule has 0 unspecified atom stereocenters. The number of hydrogen-bond donors (Lipinski definition) is 0. The van der Waals surface area contributed by atoms with Crippen LogP contribution in [0.1, 0.15) is 47.2 Å². The predicted molar refractivity (Wildman–Crippen MR) is 264 cm³/mol. The molecule has 64 heavy (non-hydrogen) atoms. The van der Waals surface area contributed by atoms with E-state index < -0.39 is 5.41 Å². The maximum atomic E-state index is 5.46. The summed E-state index contributed by atoms with van der Waals surface area (Å²) in [7, 11) is 0. The fourth-order valence-electron chi connectivity index (χ4n) is 10.9. The van der Waals surface area contributed by atoms with Gasteiger partial charge >= 0.3 is 0 Å². The Labute approximate surface area is 375 Å². The zero-order valence-corrected chi connectivity index (χ0v) is 35.8. The van der Waals surface area contributed by atoms with Gasteiger partial charge in [-0.1, -0.05) is 238 Å². The molecule has 0 bridgehead atoms. The normalized spacial score (nSPS) is 13.7. The van der Waals surface area contributed by atoms with Crippen LogP contribution in [0.15, 0.2) is 231 Å². The maximum Gasteiger partial charge on any atom is 0.160 e. The molecule has 2 aliphatic rings. The smallest absolute Gasteiger partial charge is 0.160 e. The molecule has 1 heterocycles. The highest BCUT2D eigenvalue weighted by Crippen LogP contribution is 2.63. The molecule has 0 fully saturated rings. The largest absolute Gasteiger partial charge is 0.228 e. The Kier molecular flexibility index (Phi) is 8.77. The Morgan fingerprint density at radius 1 is 0.281 bits per heavy atom. The molecule has 2 nitrogen and oxygen atoms in total. The molecule has 0 atom stereocenters. The van der Waals surface area contributed by atoms with E-state index in [2.05, 4.69) is 244 Å². The minimum absolute atomic E-state index is 0.323. The van der Waals surface area contributed by atoms with E-state index in [1.807, 2.05) is 0 Å². The summed E-state index contributed by atoms with van der Waals surface area (Å²) in [4.78, 5) is 10.8. The molecule has 0 saturated carbocycles. The number of rotatable bonds is 6. The van der Waals surface area contributed by atoms with Crippen molar-refractivity contribution in [3.05, 3.63) is 264 Å². The van der Waals surface area contributed by atoms with E-state index in [0.717, 1.165) is 39.2 Å². The summed E-state index contributed by atoms with van der Waals surface area (Å²) in [5.41, 5.74) is 21.8. The van der Waals surface area contributed by atoms with Crippen molar-refractivity contribution in [2.24, 2.45) is 0 Å². The number of nitrogens with zero attached hydrogens (tertiary/aromatic N) is 2. The third kappa shape index (κ3) is 5.80. The molecule has 9 aromatic carbocycles. The summed E-state index contributed by atoms with van der Waals surface area (Å²) in [5, 5.41) is 0. The van der Waals surface area contributed by atoms with Crippen molar-refractivity contribution in [1.82, 2.24) is 9.97 Å². The molecule has 0 aliphatic heterocycles. The molecule has 2 heteroatoms. The van der Waals surface area contributed by atoms with Crippen molar-refractivity contribution in [3.63, 3.8) is 0 Å². The summed E-state index contributed by atoms with van der Waals surface area (Å²) in [5.74, 6) is 0.691. The number of benzene rings is 9. The first-order valence-corrected chi connectivity index (χ1v) is 22.2. The van der Waals surface area contributed by atoms with E-state index >= 15 is 0 Å². The van der Waals surface area contributed by atoms with Gasteiger partial charge in [-0.3, -0.25) is 0 Å². The van der Waals surface area contributed by atoms with Crippen molar-refractivity contribution < 1.29 is 0 Å². The van der Waals surface area contributed by atoms with Crippen LogP contribution in [0.3, 0.4) is 0 Å². The Morgan fingerprint density at radius 2 is 0.688 bits per heavy atom. The zero-order chi connectivity index (χ0) is 42.8. The minimum Gasteiger partial charge on any atom is -0.228 e. The van der Waals surface area contributed by atoms with Gasteiger partial charge in [0.25, 0.3) is 0 Å². The summed E-state index contributed by atoms with van der Waals surface area (Å²) in [6.45, 7) is 4.82. The minimum atomic E-state index is -0.479. The van der Waals surface area contributed by atoms with Crippen molar-refractivity contribution in [3.8, 4) is 78.4 Å². The van der Waals surface area contributed by atoms with Crippen LogP contribution in [0, 0.1) is 0 Å². The van der Waals surface area contributed by atoms with E-state index in [-0.39, 0.29) is 5.41 Å². The number of aromatic nitrogens is 2. The van der Waals surface area contributed by atoms with Crippen LogP contribution in [-0.4, -0.2) is 9.97 Å². The van der Waals surface area contributed by atoms with Gasteiger partial charge in [0, 0.05) is 22.1 Å². The lowest BCUT2D eigenvalue weighted by Crippen LogP contribution is -2.41. The summed E-state index contributed by atoms with van der Waals surface area (Å²) < 4.78 is 0. The maximum absolute atomic E-state index is 5.46. The Morgan fingerprint density at radius 3 is 1.28 bits per heavy atom. The quantitative estimate of drug-likeness (QED) is 0.167. The molecular formula is C62H44N2. The van der Waals surface area contributed by atoms with Gasteiger partial charge in [0.1, 0.15) is 0 Å². The molecule has 0 radical (unpaired) electrons. The highest BCUT2D eigenvalue weighted by atomic mass is 14.9. The van der Waals surface area contributed by atoms with Crippen LogP contribution in [0.4, 0.5) is 0 Å². The van der Waals surface area contributed by atoms with Gasteiger partial charge in [-0.05, 0) is 84.0 Å². The summed E-state index contributed by atoms with van der Waals surface area (Å²) >= 11 is 0. The van der Waals surface area contributed by atoms with Crippen molar-refractivity contribution in [1.29, 1.82) is 0 Å². The Bertz CT molecular complexity index is 3240. The van der Waals surface area contributed by atoms with Crippen LogP contribution in [0.5, 0.6) is 0 Å². The second-order valence-electron chi connectivity index (χ2n) is 17.6. The van der Waals surface area contributed by atoms with E-state index in [4.69, 9.17) is 9.97 Å². The van der Waals surface area contributed by atoms with Crippen LogP contribution >= 0.6 is 0 Å². The fourth-order valence-corrected chi connectivity index (χ4v) is 10.9. The van der Waals surface area contributed by atoms with E-state index in [0.29, 0.717) is 5.82 Å². The lowest BCUT2D eigenvalue weighted by Gasteiger charge is -2.47. The number of hydrogen-bond acceptors (Lipinski definition) is 2. The second-order valence-corrected chi connectivity index (χ2v) is 17.6. The lowest BCUT2D eigenvalue weighted by molar-refractivity contribution is 0.565. The van der Waals surface area contributed by atoms with E-state index in [1.54, 1.807) is 0 Å². The SMILES string of the molecule is CC1(C)c2ccccc2C2(c3ccccc3-c3ccccc32)c2cccc(-c3ccccc3-c3cc(-c4ccc(-c5ccccc5)cc4)nc(-c4ccc(-c5ccccc5)cc4)n3)c21. The monoisotopic (exact) mass is 816 g/mol. The standard InChI is InChI=1S/C62H44N2/c1-61(2)54-29-15-16-30-55(54)62(52-27-13-11-23-48(52)49-24-12-14-28-53(49)62)56-31-17-26-51(59(56)61)47-22-9-10-25-50(47)58-40-57(45-36-32-43(33-37-45)41-18-5-3-6-19-41)63-60(64-58)46-38-34-44(35-39-46)42-20-7-4-8-21-42/h3-40H,1-2H3. The molecule has 1 spiro atoms. The second kappa shape index (κ2) is 14.9. The topological polar surface area (TPSA) is 25.8 Å².